The summed E-state index contributed by atoms with van der Waals surface area (Å²) in [4.78, 5) is 0. The third-order valence-electron chi connectivity index (χ3n) is 5.30. The van der Waals surface area contributed by atoms with E-state index in [1.54, 1.807) is 0 Å². The number of azo groups is 1. The minimum absolute atomic E-state index is 0.0272. The van der Waals surface area contributed by atoms with E-state index >= 15 is 0 Å². The van der Waals surface area contributed by atoms with Gasteiger partial charge in [0.25, 0.3) is 0 Å². The maximum atomic E-state index is 9.52. The summed E-state index contributed by atoms with van der Waals surface area (Å²) >= 11 is 0. The summed E-state index contributed by atoms with van der Waals surface area (Å²) in [6, 6.07) is 9.21. The van der Waals surface area contributed by atoms with Crippen molar-refractivity contribution in [3.05, 3.63) is 29.8 Å². The molecule has 1 aromatic carbocycles. The highest BCUT2D eigenvalue weighted by Gasteiger charge is 2.65. The lowest BCUT2D eigenvalue weighted by molar-refractivity contribution is 0.242. The van der Waals surface area contributed by atoms with Crippen LogP contribution in [0.5, 0.6) is 0 Å². The number of fused-ring (bicyclic) bond motifs is 8. The largest absolute Gasteiger partial charge is 0.392 e. The van der Waals surface area contributed by atoms with Gasteiger partial charge in [-0.3, -0.25) is 0 Å². The fraction of sp³-hybridized carbons (Fsp3) is 0.571. The van der Waals surface area contributed by atoms with Crippen molar-refractivity contribution in [2.24, 2.45) is 32.4 Å². The van der Waals surface area contributed by atoms with Gasteiger partial charge < -0.3 is 5.11 Å². The molecular weight excluding hydrogens is 254 g/mol. The van der Waals surface area contributed by atoms with E-state index in [9.17, 15) is 5.11 Å². The van der Waals surface area contributed by atoms with Gasteiger partial charge in [0.2, 0.25) is 0 Å². The zero-order chi connectivity index (χ0) is 13.3. The van der Waals surface area contributed by atoms with Crippen LogP contribution in [0.4, 0.5) is 5.69 Å². The van der Waals surface area contributed by atoms with Gasteiger partial charge in [-0.1, -0.05) is 23.4 Å². The molecule has 2 aliphatic heterocycles. The average molecular weight is 269 g/mol. The second kappa shape index (κ2) is 3.63. The molecule has 2 fully saturated rings. The molecule has 0 amide bonds. The van der Waals surface area contributed by atoms with Crippen LogP contribution in [0.15, 0.2) is 44.8 Å². The van der Waals surface area contributed by atoms with Crippen molar-refractivity contribution in [1.29, 1.82) is 0 Å². The summed E-state index contributed by atoms with van der Waals surface area (Å²) in [5, 5.41) is 29.0. The van der Waals surface area contributed by atoms with Crippen molar-refractivity contribution in [2.75, 3.05) is 5.01 Å². The Kier molecular flexibility index (Phi) is 1.98. The molecular formula is C14H15N5O. The van der Waals surface area contributed by atoms with E-state index in [4.69, 9.17) is 0 Å². The number of anilines is 1. The van der Waals surface area contributed by atoms with Crippen LogP contribution in [-0.2, 0) is 6.61 Å². The maximum absolute atomic E-state index is 9.52. The van der Waals surface area contributed by atoms with E-state index in [0.717, 1.165) is 17.7 Å². The highest BCUT2D eigenvalue weighted by molar-refractivity contribution is 5.55. The average Bonchev–Trinajstić information content (AvgIpc) is 3.06. The first-order chi connectivity index (χ1) is 9.88. The van der Waals surface area contributed by atoms with Gasteiger partial charge in [0, 0.05) is 17.4 Å². The van der Waals surface area contributed by atoms with Crippen molar-refractivity contribution in [2.45, 2.75) is 37.2 Å². The van der Waals surface area contributed by atoms with Crippen LogP contribution in [0, 0.1) is 11.8 Å². The Morgan fingerprint density at radius 1 is 1.05 bits per heavy atom. The van der Waals surface area contributed by atoms with Crippen LogP contribution in [0.25, 0.3) is 0 Å². The Balaban J connectivity index is 1.55. The number of hydrogen-bond acceptors (Lipinski definition) is 6. The highest BCUT2D eigenvalue weighted by atomic mass is 16.3. The standard InChI is InChI=1S/C14H15N5O/c20-6-7-3-1-2-4-10(7)19-14-9-5-8(13(14)17-18-19)11-12(9)16-15-11/h1-4,8-9,11-14,20H,5-6H2/t8-,9+,11+,12-,13-,14+/m0/s1. The molecule has 0 spiro atoms. The van der Waals surface area contributed by atoms with E-state index < -0.39 is 0 Å². The number of rotatable bonds is 2. The van der Waals surface area contributed by atoms with E-state index in [2.05, 4.69) is 20.6 Å². The SMILES string of the molecule is OCc1ccccc1N1N=N[C@H]2[C@H]3C[C@H]([C@@H]4N=N[C@H]34)[C@H]21. The minimum Gasteiger partial charge on any atom is -0.392 e. The quantitative estimate of drug-likeness (QED) is 0.891. The van der Waals surface area contributed by atoms with Gasteiger partial charge in [0.15, 0.2) is 0 Å². The van der Waals surface area contributed by atoms with Crippen molar-refractivity contribution in [1.82, 2.24) is 0 Å². The van der Waals surface area contributed by atoms with Crippen LogP contribution >= 0.6 is 0 Å². The predicted octanol–water partition coefficient (Wildman–Crippen LogP) is 1.96. The normalized spacial score (nSPS) is 42.8. The molecule has 0 saturated heterocycles. The van der Waals surface area contributed by atoms with Crippen LogP contribution < -0.4 is 5.01 Å². The molecule has 2 saturated carbocycles. The van der Waals surface area contributed by atoms with Crippen LogP contribution in [0.2, 0.25) is 0 Å². The number of para-hydroxylation sites is 1. The third kappa shape index (κ3) is 1.14. The van der Waals surface area contributed by atoms with Crippen LogP contribution in [0.1, 0.15) is 12.0 Å². The van der Waals surface area contributed by atoms with Gasteiger partial charge in [0.05, 0.1) is 18.3 Å². The van der Waals surface area contributed by atoms with Gasteiger partial charge in [-0.05, 0) is 12.5 Å². The monoisotopic (exact) mass is 269 g/mol. The Morgan fingerprint density at radius 3 is 2.65 bits per heavy atom. The molecule has 0 radical (unpaired) electrons. The molecule has 20 heavy (non-hydrogen) atoms. The summed E-state index contributed by atoms with van der Waals surface area (Å²) in [5.74, 6) is 1.02. The first-order valence-electron chi connectivity index (χ1n) is 7.17. The number of benzene rings is 1. The molecule has 0 aromatic heterocycles. The van der Waals surface area contributed by atoms with Gasteiger partial charge >= 0.3 is 0 Å². The fourth-order valence-electron chi connectivity index (χ4n) is 4.41. The number of aliphatic hydroxyl groups excluding tert-OH is 1. The summed E-state index contributed by atoms with van der Waals surface area (Å²) in [6.45, 7) is 0.0272. The molecule has 6 atom stereocenters. The summed E-state index contributed by atoms with van der Waals surface area (Å²) in [5.41, 5.74) is 1.88. The van der Waals surface area contributed by atoms with Crippen molar-refractivity contribution in [3.63, 3.8) is 0 Å². The molecule has 6 nitrogen and oxygen atoms in total. The molecule has 5 rings (SSSR count). The molecule has 4 aliphatic rings. The van der Waals surface area contributed by atoms with Crippen LogP contribution in [-0.4, -0.2) is 29.3 Å². The Labute approximate surface area is 116 Å². The minimum atomic E-state index is 0.0272. The van der Waals surface area contributed by atoms with Crippen molar-refractivity contribution < 1.29 is 5.11 Å². The highest BCUT2D eigenvalue weighted by Crippen LogP contribution is 2.56. The van der Waals surface area contributed by atoms with E-state index in [-0.39, 0.29) is 12.6 Å². The molecule has 1 aromatic rings. The van der Waals surface area contributed by atoms with E-state index in [1.807, 2.05) is 29.3 Å². The Hall–Kier alpha value is -1.82. The summed E-state index contributed by atoms with van der Waals surface area (Å²) in [6.07, 6.45) is 1.16. The lowest BCUT2D eigenvalue weighted by Gasteiger charge is -2.38. The fourth-order valence-corrected chi connectivity index (χ4v) is 4.41. The maximum Gasteiger partial charge on any atom is 0.101 e. The van der Waals surface area contributed by atoms with Gasteiger partial charge in [-0.2, -0.15) is 15.3 Å². The van der Waals surface area contributed by atoms with E-state index in [1.165, 1.54) is 0 Å². The molecule has 2 heterocycles. The van der Waals surface area contributed by atoms with Gasteiger partial charge in [0.1, 0.15) is 18.1 Å². The molecule has 6 heteroatoms. The predicted molar refractivity (Wildman–Crippen MR) is 71.3 cm³/mol. The Morgan fingerprint density at radius 2 is 1.85 bits per heavy atom. The smallest absolute Gasteiger partial charge is 0.101 e. The first kappa shape index (κ1) is 10.9. The van der Waals surface area contributed by atoms with Crippen molar-refractivity contribution in [3.8, 4) is 0 Å². The second-order valence-electron chi connectivity index (χ2n) is 6.09. The zero-order valence-corrected chi connectivity index (χ0v) is 10.9. The molecule has 102 valence electrons. The van der Waals surface area contributed by atoms with Gasteiger partial charge in [-0.25, -0.2) is 5.01 Å². The molecule has 2 aliphatic carbocycles. The zero-order valence-electron chi connectivity index (χ0n) is 10.9. The first-order valence-corrected chi connectivity index (χ1v) is 7.17. The Bertz CT molecular complexity index is 630. The van der Waals surface area contributed by atoms with E-state index in [0.29, 0.717) is 30.0 Å². The summed E-state index contributed by atoms with van der Waals surface area (Å²) < 4.78 is 0. The lowest BCUT2D eigenvalue weighted by Crippen LogP contribution is -2.52. The van der Waals surface area contributed by atoms with Gasteiger partial charge in [-0.15, -0.1) is 0 Å². The third-order valence-corrected chi connectivity index (χ3v) is 5.30. The number of hydrogen-bond donors (Lipinski definition) is 1. The van der Waals surface area contributed by atoms with Crippen LogP contribution in [0.3, 0.4) is 0 Å². The lowest BCUT2D eigenvalue weighted by atomic mass is 9.82. The molecule has 1 N–H and O–H groups in total. The number of aliphatic hydroxyl groups is 1. The second-order valence-corrected chi connectivity index (χ2v) is 6.09. The summed E-state index contributed by atoms with van der Waals surface area (Å²) in [7, 11) is 0. The molecule has 0 unspecified atom stereocenters. The number of nitrogens with zero attached hydrogens (tertiary/aromatic N) is 5. The molecule has 2 bridgehead atoms. The van der Waals surface area contributed by atoms with Crippen molar-refractivity contribution >= 4 is 5.69 Å². The topological polar surface area (TPSA) is 72.9 Å².